The Hall–Kier alpha value is -1.39. The van der Waals surface area contributed by atoms with E-state index in [9.17, 15) is 0 Å². The zero-order chi connectivity index (χ0) is 13.8. The number of nitrogens with zero attached hydrogens (tertiary/aromatic N) is 1. The second-order valence-corrected chi connectivity index (χ2v) is 5.89. The van der Waals surface area contributed by atoms with Crippen LogP contribution in [0.2, 0.25) is 0 Å². The van der Waals surface area contributed by atoms with Gasteiger partial charge in [-0.3, -0.25) is 0 Å². The highest BCUT2D eigenvalue weighted by Gasteiger charge is 2.16. The lowest BCUT2D eigenvalue weighted by Gasteiger charge is -2.10. The number of hydrogen-bond acceptors (Lipinski definition) is 4. The monoisotopic (exact) mass is 276 g/mol. The van der Waals surface area contributed by atoms with Gasteiger partial charge in [-0.1, -0.05) is 6.92 Å². The van der Waals surface area contributed by atoms with E-state index in [-0.39, 0.29) is 0 Å². The minimum Gasteiger partial charge on any atom is -0.497 e. The van der Waals surface area contributed by atoms with Crippen molar-refractivity contribution in [3.8, 4) is 17.0 Å². The molecule has 1 aromatic heterocycles. The van der Waals surface area contributed by atoms with Crippen LogP contribution in [0.1, 0.15) is 29.1 Å². The number of aryl methyl sites for hydroxylation is 1. The summed E-state index contributed by atoms with van der Waals surface area (Å²) in [6.07, 6.45) is 0.991. The SMILES string of the molecule is COc1ccc(-c2nc(C)sc2C(C)CCN)cc1. The first-order valence-electron chi connectivity index (χ1n) is 6.47. The van der Waals surface area contributed by atoms with Crippen molar-refractivity contribution < 1.29 is 4.74 Å². The summed E-state index contributed by atoms with van der Waals surface area (Å²) in [5.74, 6) is 1.32. The summed E-state index contributed by atoms with van der Waals surface area (Å²) in [7, 11) is 1.68. The zero-order valence-corrected chi connectivity index (χ0v) is 12.5. The third-order valence-corrected chi connectivity index (χ3v) is 4.37. The molecule has 0 radical (unpaired) electrons. The van der Waals surface area contributed by atoms with Gasteiger partial charge in [0.15, 0.2) is 0 Å². The number of hydrogen-bond donors (Lipinski definition) is 1. The topological polar surface area (TPSA) is 48.1 Å². The highest BCUT2D eigenvalue weighted by atomic mass is 32.1. The molecule has 0 saturated carbocycles. The Balaban J connectivity index is 2.37. The van der Waals surface area contributed by atoms with Crippen LogP contribution >= 0.6 is 11.3 Å². The van der Waals surface area contributed by atoms with Gasteiger partial charge in [0.25, 0.3) is 0 Å². The third-order valence-electron chi connectivity index (χ3n) is 3.17. The van der Waals surface area contributed by atoms with Crippen LogP contribution < -0.4 is 10.5 Å². The number of rotatable bonds is 5. The Kier molecular flexibility index (Phi) is 4.56. The third kappa shape index (κ3) is 3.14. The molecule has 1 heterocycles. The van der Waals surface area contributed by atoms with Crippen molar-refractivity contribution in [1.82, 2.24) is 4.98 Å². The lowest BCUT2D eigenvalue weighted by molar-refractivity contribution is 0.415. The lowest BCUT2D eigenvalue weighted by atomic mass is 10.0. The molecule has 2 aromatic rings. The fraction of sp³-hybridized carbons (Fsp3) is 0.400. The van der Waals surface area contributed by atoms with Gasteiger partial charge in [0.05, 0.1) is 17.8 Å². The smallest absolute Gasteiger partial charge is 0.118 e. The van der Waals surface area contributed by atoms with Gasteiger partial charge < -0.3 is 10.5 Å². The lowest BCUT2D eigenvalue weighted by Crippen LogP contribution is -2.04. The Morgan fingerprint density at radius 3 is 2.58 bits per heavy atom. The molecule has 19 heavy (non-hydrogen) atoms. The summed E-state index contributed by atoms with van der Waals surface area (Å²) in [5, 5.41) is 1.10. The van der Waals surface area contributed by atoms with Crippen LogP contribution in [-0.2, 0) is 0 Å². The molecule has 1 unspecified atom stereocenters. The molecule has 1 atom stereocenters. The molecule has 2 rings (SSSR count). The largest absolute Gasteiger partial charge is 0.497 e. The van der Waals surface area contributed by atoms with Gasteiger partial charge in [0.1, 0.15) is 5.75 Å². The van der Waals surface area contributed by atoms with Crippen molar-refractivity contribution in [1.29, 1.82) is 0 Å². The second kappa shape index (κ2) is 6.17. The molecule has 0 amide bonds. The summed E-state index contributed by atoms with van der Waals surface area (Å²) < 4.78 is 5.19. The fourth-order valence-corrected chi connectivity index (χ4v) is 3.15. The van der Waals surface area contributed by atoms with Gasteiger partial charge in [-0.25, -0.2) is 4.98 Å². The van der Waals surface area contributed by atoms with Crippen molar-refractivity contribution in [3.05, 3.63) is 34.2 Å². The predicted molar refractivity (Wildman–Crippen MR) is 80.9 cm³/mol. The van der Waals surface area contributed by atoms with Crippen LogP contribution in [0.5, 0.6) is 5.75 Å². The van der Waals surface area contributed by atoms with E-state index < -0.39 is 0 Å². The number of methoxy groups -OCH3 is 1. The van der Waals surface area contributed by atoms with E-state index in [0.717, 1.165) is 28.4 Å². The van der Waals surface area contributed by atoms with Crippen molar-refractivity contribution in [3.63, 3.8) is 0 Å². The standard InChI is InChI=1S/C15H20N2OS/c1-10(8-9-16)15-14(17-11(2)19-15)12-4-6-13(18-3)7-5-12/h4-7,10H,8-9,16H2,1-3H3. The number of nitrogens with two attached hydrogens (primary N) is 1. The first-order valence-corrected chi connectivity index (χ1v) is 7.29. The molecule has 4 heteroatoms. The van der Waals surface area contributed by atoms with Crippen LogP contribution in [0.15, 0.2) is 24.3 Å². The number of benzene rings is 1. The van der Waals surface area contributed by atoms with E-state index in [4.69, 9.17) is 10.5 Å². The van der Waals surface area contributed by atoms with E-state index in [2.05, 4.69) is 31.0 Å². The first-order chi connectivity index (χ1) is 9.15. The maximum Gasteiger partial charge on any atom is 0.118 e. The van der Waals surface area contributed by atoms with Crippen molar-refractivity contribution >= 4 is 11.3 Å². The Labute approximate surface area is 118 Å². The zero-order valence-electron chi connectivity index (χ0n) is 11.6. The molecule has 0 saturated heterocycles. The molecule has 2 N–H and O–H groups in total. The Bertz CT molecular complexity index is 534. The van der Waals surface area contributed by atoms with Gasteiger partial charge in [0.2, 0.25) is 0 Å². The molecule has 0 fully saturated rings. The molecule has 0 bridgehead atoms. The summed E-state index contributed by atoms with van der Waals surface area (Å²) in [6.45, 7) is 4.98. The highest BCUT2D eigenvalue weighted by Crippen LogP contribution is 2.35. The average Bonchev–Trinajstić information content (AvgIpc) is 2.81. The van der Waals surface area contributed by atoms with Crippen molar-refractivity contribution in [2.75, 3.05) is 13.7 Å². The second-order valence-electron chi connectivity index (χ2n) is 4.65. The molecular weight excluding hydrogens is 256 g/mol. The van der Waals surface area contributed by atoms with Crippen molar-refractivity contribution in [2.24, 2.45) is 5.73 Å². The van der Waals surface area contributed by atoms with Crippen molar-refractivity contribution in [2.45, 2.75) is 26.2 Å². The Morgan fingerprint density at radius 1 is 1.32 bits per heavy atom. The van der Waals surface area contributed by atoms with Crippen LogP contribution in [0.25, 0.3) is 11.3 Å². The molecular formula is C15H20N2OS. The van der Waals surface area contributed by atoms with Gasteiger partial charge in [-0.2, -0.15) is 0 Å². The van der Waals surface area contributed by atoms with Gasteiger partial charge in [0, 0.05) is 10.4 Å². The minimum absolute atomic E-state index is 0.452. The fourth-order valence-electron chi connectivity index (χ4n) is 2.11. The average molecular weight is 276 g/mol. The van der Waals surface area contributed by atoms with Crippen LogP contribution in [0, 0.1) is 6.92 Å². The number of thiazole rings is 1. The maximum atomic E-state index is 5.67. The van der Waals surface area contributed by atoms with E-state index in [1.807, 2.05) is 12.1 Å². The minimum atomic E-state index is 0.452. The normalized spacial score (nSPS) is 12.4. The van der Waals surface area contributed by atoms with Crippen LogP contribution in [0.4, 0.5) is 0 Å². The summed E-state index contributed by atoms with van der Waals surface area (Å²) in [6, 6.07) is 8.07. The van der Waals surface area contributed by atoms with E-state index in [1.165, 1.54) is 4.88 Å². The summed E-state index contributed by atoms with van der Waals surface area (Å²) >= 11 is 1.77. The van der Waals surface area contributed by atoms with Gasteiger partial charge in [-0.05, 0) is 50.1 Å². The van der Waals surface area contributed by atoms with E-state index in [1.54, 1.807) is 18.4 Å². The van der Waals surface area contributed by atoms with Crippen LogP contribution in [0.3, 0.4) is 0 Å². The molecule has 0 aliphatic heterocycles. The van der Waals surface area contributed by atoms with Crippen LogP contribution in [-0.4, -0.2) is 18.6 Å². The highest BCUT2D eigenvalue weighted by molar-refractivity contribution is 7.12. The van der Waals surface area contributed by atoms with E-state index >= 15 is 0 Å². The van der Waals surface area contributed by atoms with Gasteiger partial charge >= 0.3 is 0 Å². The Morgan fingerprint density at radius 2 is 2.00 bits per heavy atom. The summed E-state index contributed by atoms with van der Waals surface area (Å²) in [5.41, 5.74) is 7.90. The molecule has 0 aliphatic rings. The first kappa shape index (κ1) is 14.0. The molecule has 3 nitrogen and oxygen atoms in total. The molecule has 102 valence electrons. The molecule has 0 aliphatic carbocycles. The summed E-state index contributed by atoms with van der Waals surface area (Å²) in [4.78, 5) is 6.00. The van der Waals surface area contributed by atoms with Gasteiger partial charge in [-0.15, -0.1) is 11.3 Å². The number of aromatic nitrogens is 1. The predicted octanol–water partition coefficient (Wildman–Crippen LogP) is 3.58. The molecule has 1 aromatic carbocycles. The van der Waals surface area contributed by atoms with E-state index in [0.29, 0.717) is 12.5 Å². The number of ether oxygens (including phenoxy) is 1. The maximum absolute atomic E-state index is 5.67. The molecule has 0 spiro atoms. The quantitative estimate of drug-likeness (QED) is 0.908.